The fraction of sp³-hybridized carbons (Fsp3) is 0.222. The molecule has 0 saturated heterocycles. The lowest BCUT2D eigenvalue weighted by Gasteiger charge is -2.26. The van der Waals surface area contributed by atoms with E-state index in [1.807, 2.05) is 0 Å². The third kappa shape index (κ3) is 3.41. The van der Waals surface area contributed by atoms with E-state index in [-0.39, 0.29) is 18.2 Å². The van der Waals surface area contributed by atoms with Crippen molar-refractivity contribution in [1.82, 2.24) is 10.1 Å². The zero-order chi connectivity index (χ0) is 17.8. The maximum atomic E-state index is 12.7. The monoisotopic (exact) mass is 342 g/mol. The minimum absolute atomic E-state index is 0.140. The number of hydrogen-bond acceptors (Lipinski definition) is 6. The van der Waals surface area contributed by atoms with Crippen molar-refractivity contribution in [1.29, 1.82) is 0 Å². The zero-order valence-corrected chi connectivity index (χ0v) is 13.9. The molecule has 1 unspecified atom stereocenters. The lowest BCUT2D eigenvalue weighted by Crippen LogP contribution is -2.33. The van der Waals surface area contributed by atoms with Crippen molar-refractivity contribution < 1.29 is 23.6 Å². The van der Waals surface area contributed by atoms with Gasteiger partial charge in [-0.25, -0.2) is 0 Å². The minimum Gasteiger partial charge on any atom is -0.497 e. The maximum absolute atomic E-state index is 12.7. The first-order chi connectivity index (χ1) is 12.1. The summed E-state index contributed by atoms with van der Waals surface area (Å²) in [5, 5.41) is 13.5. The number of amides is 1. The number of aliphatic hydroxyl groups is 1. The highest BCUT2D eigenvalue weighted by Gasteiger charge is 2.25. The molecule has 0 bridgehead atoms. The van der Waals surface area contributed by atoms with Gasteiger partial charge in [0.2, 0.25) is 5.76 Å². The summed E-state index contributed by atoms with van der Waals surface area (Å²) in [6, 6.07) is 11.6. The number of carbonyl (C=O) groups excluding carboxylic acids is 1. The number of methoxy groups -OCH3 is 1. The van der Waals surface area contributed by atoms with Crippen LogP contribution in [0, 0.1) is 0 Å². The zero-order valence-electron chi connectivity index (χ0n) is 13.9. The highest BCUT2D eigenvalue weighted by molar-refractivity contribution is 5.93. The molecule has 0 aliphatic heterocycles. The molecule has 2 heterocycles. The summed E-state index contributed by atoms with van der Waals surface area (Å²) in [4.78, 5) is 14.1. The van der Waals surface area contributed by atoms with E-state index in [0.29, 0.717) is 17.3 Å². The van der Waals surface area contributed by atoms with Crippen molar-refractivity contribution in [2.45, 2.75) is 6.04 Å². The first-order valence-electron chi connectivity index (χ1n) is 7.66. The first-order valence-corrected chi connectivity index (χ1v) is 7.66. The van der Waals surface area contributed by atoms with E-state index < -0.39 is 6.04 Å². The molecule has 25 heavy (non-hydrogen) atoms. The quantitative estimate of drug-likeness (QED) is 0.741. The number of benzene rings is 1. The second kappa shape index (κ2) is 7.23. The van der Waals surface area contributed by atoms with Crippen LogP contribution in [0.1, 0.15) is 22.1 Å². The molecular formula is C18H18N2O5. The number of aromatic nitrogens is 1. The molecule has 0 fully saturated rings. The second-order valence-electron chi connectivity index (χ2n) is 5.44. The van der Waals surface area contributed by atoms with Gasteiger partial charge in [-0.3, -0.25) is 4.79 Å². The van der Waals surface area contributed by atoms with Gasteiger partial charge in [-0.1, -0.05) is 17.3 Å². The second-order valence-corrected chi connectivity index (χ2v) is 5.44. The summed E-state index contributed by atoms with van der Waals surface area (Å²) in [6.07, 6.45) is 1.51. The Morgan fingerprint density at radius 2 is 2.04 bits per heavy atom. The Balaban J connectivity index is 1.80. The Morgan fingerprint density at radius 3 is 2.64 bits per heavy atom. The van der Waals surface area contributed by atoms with Gasteiger partial charge in [0.25, 0.3) is 5.91 Å². The number of aliphatic hydroxyl groups excluding tert-OH is 1. The first kappa shape index (κ1) is 16.8. The van der Waals surface area contributed by atoms with Gasteiger partial charge < -0.3 is 23.7 Å². The van der Waals surface area contributed by atoms with Gasteiger partial charge in [0.1, 0.15) is 5.75 Å². The van der Waals surface area contributed by atoms with Gasteiger partial charge in [0.05, 0.1) is 26.0 Å². The van der Waals surface area contributed by atoms with Crippen LogP contribution in [0.4, 0.5) is 0 Å². The van der Waals surface area contributed by atoms with Crippen molar-refractivity contribution in [2.75, 3.05) is 20.8 Å². The molecule has 2 aromatic heterocycles. The lowest BCUT2D eigenvalue weighted by molar-refractivity contribution is 0.0648. The minimum atomic E-state index is -0.512. The molecule has 0 saturated carbocycles. The Bertz CT molecular complexity index is 824. The fourth-order valence-corrected chi connectivity index (χ4v) is 2.51. The van der Waals surface area contributed by atoms with Crippen molar-refractivity contribution >= 4 is 5.91 Å². The highest BCUT2D eigenvalue weighted by atomic mass is 16.5. The van der Waals surface area contributed by atoms with Crippen LogP contribution in [0.5, 0.6) is 5.75 Å². The van der Waals surface area contributed by atoms with Gasteiger partial charge in [0, 0.05) is 13.1 Å². The number of furan rings is 1. The molecule has 0 radical (unpaired) electrons. The van der Waals surface area contributed by atoms with Crippen LogP contribution in [0.3, 0.4) is 0 Å². The van der Waals surface area contributed by atoms with Crippen molar-refractivity contribution in [3.05, 3.63) is 60.0 Å². The third-order valence-corrected chi connectivity index (χ3v) is 3.95. The highest BCUT2D eigenvalue weighted by Crippen LogP contribution is 2.25. The molecule has 3 aromatic rings. The summed E-state index contributed by atoms with van der Waals surface area (Å²) in [5.41, 5.74) is 0.926. The normalized spacial score (nSPS) is 12.0. The molecule has 0 aliphatic rings. The summed E-state index contributed by atoms with van der Waals surface area (Å²) in [5.74, 6) is 1.19. The molecule has 130 valence electrons. The van der Waals surface area contributed by atoms with E-state index in [4.69, 9.17) is 13.7 Å². The lowest BCUT2D eigenvalue weighted by atomic mass is 10.1. The molecule has 1 atom stereocenters. The van der Waals surface area contributed by atoms with Crippen LogP contribution in [0.2, 0.25) is 0 Å². The van der Waals surface area contributed by atoms with E-state index in [1.54, 1.807) is 50.6 Å². The average molecular weight is 342 g/mol. The van der Waals surface area contributed by atoms with E-state index in [9.17, 15) is 9.90 Å². The maximum Gasteiger partial charge on any atom is 0.276 e. The molecule has 1 N–H and O–H groups in total. The molecule has 1 amide bonds. The Morgan fingerprint density at radius 1 is 1.28 bits per heavy atom. The predicted molar refractivity (Wildman–Crippen MR) is 89.1 cm³/mol. The van der Waals surface area contributed by atoms with Crippen LogP contribution in [0.15, 0.2) is 57.7 Å². The number of ether oxygens (including phenoxy) is 1. The number of likely N-dealkylation sites (N-methyl/N-ethyl adjacent to an activating group) is 1. The van der Waals surface area contributed by atoms with Crippen molar-refractivity contribution in [3.8, 4) is 17.3 Å². The Hall–Kier alpha value is -3.06. The van der Waals surface area contributed by atoms with Crippen molar-refractivity contribution in [3.63, 3.8) is 0 Å². The van der Waals surface area contributed by atoms with E-state index in [2.05, 4.69) is 5.16 Å². The van der Waals surface area contributed by atoms with Crippen LogP contribution in [-0.4, -0.2) is 41.8 Å². The molecular weight excluding hydrogens is 324 g/mol. The van der Waals surface area contributed by atoms with Gasteiger partial charge in [-0.2, -0.15) is 0 Å². The average Bonchev–Trinajstić information content (AvgIpc) is 3.33. The van der Waals surface area contributed by atoms with Crippen molar-refractivity contribution in [2.24, 2.45) is 0 Å². The van der Waals surface area contributed by atoms with E-state index in [1.165, 1.54) is 17.2 Å². The number of carbonyl (C=O) groups is 1. The molecule has 1 aromatic carbocycles. The standard InChI is InChI=1S/C18H18N2O5/c1-20(15(11-21)12-5-7-13(23-2)8-6-12)18(22)14-10-17(25-19-14)16-4-3-9-24-16/h3-10,15,21H,11H2,1-2H3. The van der Waals surface area contributed by atoms with Gasteiger partial charge in [-0.15, -0.1) is 0 Å². The SMILES string of the molecule is COc1ccc(C(CO)N(C)C(=O)c2cc(-c3ccco3)on2)cc1. The Labute approximate surface area is 144 Å². The summed E-state index contributed by atoms with van der Waals surface area (Å²) >= 11 is 0. The molecule has 3 rings (SSSR count). The number of rotatable bonds is 6. The molecule has 0 aliphatic carbocycles. The van der Waals surface area contributed by atoms with Gasteiger partial charge in [-0.05, 0) is 29.8 Å². The summed E-state index contributed by atoms with van der Waals surface area (Å²) in [6.45, 7) is -0.225. The number of hydrogen-bond donors (Lipinski definition) is 1. The molecule has 7 nitrogen and oxygen atoms in total. The molecule has 7 heteroatoms. The van der Waals surface area contributed by atoms with E-state index in [0.717, 1.165) is 5.56 Å². The topological polar surface area (TPSA) is 88.9 Å². The fourth-order valence-electron chi connectivity index (χ4n) is 2.51. The van der Waals surface area contributed by atoms with Gasteiger partial charge >= 0.3 is 0 Å². The molecule has 0 spiro atoms. The van der Waals surface area contributed by atoms with Crippen LogP contribution >= 0.6 is 0 Å². The largest absolute Gasteiger partial charge is 0.497 e. The summed E-state index contributed by atoms with van der Waals surface area (Å²) in [7, 11) is 3.18. The smallest absolute Gasteiger partial charge is 0.276 e. The number of nitrogens with zero attached hydrogens (tertiary/aromatic N) is 2. The summed E-state index contributed by atoms with van der Waals surface area (Å²) < 4.78 is 15.5. The van der Waals surface area contributed by atoms with E-state index >= 15 is 0 Å². The Kier molecular flexibility index (Phi) is 4.85. The van der Waals surface area contributed by atoms with Crippen LogP contribution < -0.4 is 4.74 Å². The van der Waals surface area contributed by atoms with Gasteiger partial charge in [0.15, 0.2) is 11.5 Å². The predicted octanol–water partition coefficient (Wildman–Crippen LogP) is 2.75. The van der Waals surface area contributed by atoms with Crippen LogP contribution in [0.25, 0.3) is 11.5 Å². The third-order valence-electron chi connectivity index (χ3n) is 3.95. The van der Waals surface area contributed by atoms with Crippen LogP contribution in [-0.2, 0) is 0 Å².